The van der Waals surface area contributed by atoms with E-state index in [1.54, 1.807) is 0 Å². The Hall–Kier alpha value is -2.31. The summed E-state index contributed by atoms with van der Waals surface area (Å²) in [6, 6.07) is 0.776. The number of nitrogens with zero attached hydrogens (tertiary/aromatic N) is 1. The van der Waals surface area contributed by atoms with Crippen LogP contribution < -0.4 is 4.74 Å². The molecule has 1 aliphatic rings. The summed E-state index contributed by atoms with van der Waals surface area (Å²) in [5.74, 6) is -3.20. The van der Waals surface area contributed by atoms with Crippen LogP contribution in [0.2, 0.25) is 0 Å². The molecule has 0 aromatic heterocycles. The Morgan fingerprint density at radius 3 is 2.69 bits per heavy atom. The second-order valence-corrected chi connectivity index (χ2v) is 3.11. The van der Waals surface area contributed by atoms with Crippen molar-refractivity contribution < 1.29 is 23.6 Å². The average Bonchev–Trinajstić information content (AvgIpc) is 2.19. The molecule has 0 radical (unpaired) electrons. The fraction of sp³-hybridized carbons (Fsp3) is 0.111. The molecule has 0 spiro atoms. The Morgan fingerprint density at radius 2 is 2.06 bits per heavy atom. The first-order chi connectivity index (χ1) is 7.50. The maximum absolute atomic E-state index is 12.8. The first-order valence-corrected chi connectivity index (χ1v) is 4.19. The zero-order valence-electron chi connectivity index (χ0n) is 7.68. The fourth-order valence-electron chi connectivity index (χ4n) is 1.38. The minimum absolute atomic E-state index is 0.158. The average molecular weight is 225 g/mol. The van der Waals surface area contributed by atoms with E-state index in [1.807, 2.05) is 0 Å². The van der Waals surface area contributed by atoms with E-state index in [-0.39, 0.29) is 11.3 Å². The van der Waals surface area contributed by atoms with Gasteiger partial charge in [-0.25, -0.2) is 9.18 Å². The molecule has 2 rings (SSSR count). The van der Waals surface area contributed by atoms with Crippen molar-refractivity contribution in [3.63, 3.8) is 0 Å². The van der Waals surface area contributed by atoms with Crippen LogP contribution in [0.25, 0.3) is 0 Å². The zero-order chi connectivity index (χ0) is 11.9. The van der Waals surface area contributed by atoms with Crippen LogP contribution >= 0.6 is 0 Å². The number of fused-ring (bicyclic) bond motifs is 1. The van der Waals surface area contributed by atoms with Gasteiger partial charge in [0.25, 0.3) is 5.78 Å². The molecule has 0 N–H and O–H groups in total. The summed E-state index contributed by atoms with van der Waals surface area (Å²) in [5.41, 5.74) is -0.290. The normalized spacial score (nSPS) is 18.9. The zero-order valence-corrected chi connectivity index (χ0v) is 7.68. The van der Waals surface area contributed by atoms with Crippen LogP contribution in [0, 0.1) is 15.9 Å². The summed E-state index contributed by atoms with van der Waals surface area (Å²) in [6.45, 7) is 0. The van der Waals surface area contributed by atoms with Gasteiger partial charge in [0.1, 0.15) is 11.6 Å². The van der Waals surface area contributed by atoms with Crippen LogP contribution in [0.1, 0.15) is 10.4 Å². The lowest BCUT2D eigenvalue weighted by atomic mass is 10.0. The summed E-state index contributed by atoms with van der Waals surface area (Å²) >= 11 is 0. The molecule has 1 aromatic carbocycles. The van der Waals surface area contributed by atoms with E-state index in [0.29, 0.717) is 0 Å². The van der Waals surface area contributed by atoms with Crippen molar-refractivity contribution in [2.24, 2.45) is 0 Å². The molecular formula is C9H4FNO5. The molecule has 1 aromatic rings. The SMILES string of the molecule is O=C1Oc2ccc(F)cc2C(=O)[C@@H]1[N+](=O)[O-]. The van der Waals surface area contributed by atoms with Gasteiger partial charge in [-0.1, -0.05) is 0 Å². The summed E-state index contributed by atoms with van der Waals surface area (Å²) in [5, 5.41) is 10.5. The third kappa shape index (κ3) is 1.42. The van der Waals surface area contributed by atoms with Crippen molar-refractivity contribution in [2.45, 2.75) is 6.04 Å². The molecular weight excluding hydrogens is 221 g/mol. The van der Waals surface area contributed by atoms with Gasteiger partial charge in [-0.3, -0.25) is 14.9 Å². The van der Waals surface area contributed by atoms with E-state index in [9.17, 15) is 24.1 Å². The van der Waals surface area contributed by atoms with Crippen LogP contribution in [0.5, 0.6) is 5.75 Å². The standard InChI is InChI=1S/C9H4FNO5/c10-4-1-2-6-5(3-4)8(12)7(11(14)15)9(13)16-6/h1-3,7H/t7-/m0/s1. The first kappa shape index (κ1) is 10.2. The lowest BCUT2D eigenvalue weighted by Gasteiger charge is -2.16. The monoisotopic (exact) mass is 225 g/mol. The van der Waals surface area contributed by atoms with Gasteiger partial charge in [-0.2, -0.15) is 0 Å². The molecule has 16 heavy (non-hydrogen) atoms. The minimum Gasteiger partial charge on any atom is -0.420 e. The van der Waals surface area contributed by atoms with E-state index < -0.39 is 28.5 Å². The van der Waals surface area contributed by atoms with Gasteiger partial charge in [-0.15, -0.1) is 0 Å². The van der Waals surface area contributed by atoms with Gasteiger partial charge >= 0.3 is 12.0 Å². The highest BCUT2D eigenvalue weighted by Crippen LogP contribution is 2.26. The van der Waals surface area contributed by atoms with Crippen molar-refractivity contribution in [3.8, 4) is 5.75 Å². The number of esters is 1. The van der Waals surface area contributed by atoms with Gasteiger partial charge in [0.2, 0.25) is 0 Å². The molecule has 0 fully saturated rings. The van der Waals surface area contributed by atoms with Crippen molar-refractivity contribution in [1.29, 1.82) is 0 Å². The van der Waals surface area contributed by atoms with Crippen molar-refractivity contribution in [2.75, 3.05) is 0 Å². The summed E-state index contributed by atoms with van der Waals surface area (Å²) in [7, 11) is 0. The molecule has 0 bridgehead atoms. The summed E-state index contributed by atoms with van der Waals surface area (Å²) < 4.78 is 17.4. The van der Waals surface area contributed by atoms with Crippen molar-refractivity contribution in [3.05, 3.63) is 39.7 Å². The number of Topliss-reactive ketones (excluding diaryl/α,β-unsaturated/α-hetero) is 1. The van der Waals surface area contributed by atoms with E-state index >= 15 is 0 Å². The maximum Gasteiger partial charge on any atom is 0.395 e. The topological polar surface area (TPSA) is 86.5 Å². The van der Waals surface area contributed by atoms with Gasteiger partial charge in [0, 0.05) is 4.92 Å². The maximum atomic E-state index is 12.8. The van der Waals surface area contributed by atoms with E-state index in [1.165, 1.54) is 0 Å². The molecule has 0 saturated carbocycles. The van der Waals surface area contributed by atoms with E-state index in [4.69, 9.17) is 0 Å². The Kier molecular flexibility index (Phi) is 2.15. The first-order valence-electron chi connectivity index (χ1n) is 4.19. The van der Waals surface area contributed by atoms with E-state index in [2.05, 4.69) is 4.74 Å². The number of nitro groups is 1. The number of rotatable bonds is 1. The molecule has 0 amide bonds. The molecule has 1 atom stereocenters. The second kappa shape index (κ2) is 3.37. The molecule has 6 nitrogen and oxygen atoms in total. The minimum atomic E-state index is -2.10. The number of halogens is 1. The highest BCUT2D eigenvalue weighted by atomic mass is 19.1. The fourth-order valence-corrected chi connectivity index (χ4v) is 1.38. The Balaban J connectivity index is 2.55. The third-order valence-electron chi connectivity index (χ3n) is 2.10. The number of hydrogen-bond acceptors (Lipinski definition) is 5. The summed E-state index contributed by atoms with van der Waals surface area (Å²) in [6.07, 6.45) is 0. The Morgan fingerprint density at radius 1 is 1.38 bits per heavy atom. The molecule has 7 heteroatoms. The lowest BCUT2D eigenvalue weighted by molar-refractivity contribution is -0.493. The van der Waals surface area contributed by atoms with Crippen LogP contribution in [0.15, 0.2) is 18.2 Å². The number of carbonyl (C=O) groups is 2. The van der Waals surface area contributed by atoms with Gasteiger partial charge in [0.15, 0.2) is 0 Å². The molecule has 0 saturated heterocycles. The number of carbonyl (C=O) groups excluding carboxylic acids is 2. The largest absolute Gasteiger partial charge is 0.420 e. The number of hydrogen-bond donors (Lipinski definition) is 0. The highest BCUT2D eigenvalue weighted by molar-refractivity contribution is 6.15. The number of ketones is 1. The molecule has 0 aliphatic carbocycles. The van der Waals surface area contributed by atoms with Gasteiger partial charge in [-0.05, 0) is 18.2 Å². The van der Waals surface area contributed by atoms with Crippen molar-refractivity contribution in [1.82, 2.24) is 0 Å². The van der Waals surface area contributed by atoms with Crippen LogP contribution in [-0.2, 0) is 4.79 Å². The number of benzene rings is 1. The highest BCUT2D eigenvalue weighted by Gasteiger charge is 2.45. The lowest BCUT2D eigenvalue weighted by Crippen LogP contribution is -2.43. The predicted molar refractivity (Wildman–Crippen MR) is 47.1 cm³/mol. The molecule has 1 heterocycles. The molecule has 82 valence electrons. The third-order valence-corrected chi connectivity index (χ3v) is 2.10. The van der Waals surface area contributed by atoms with Crippen LogP contribution in [-0.4, -0.2) is 22.7 Å². The van der Waals surface area contributed by atoms with Gasteiger partial charge < -0.3 is 4.74 Å². The molecule has 0 unspecified atom stereocenters. The smallest absolute Gasteiger partial charge is 0.395 e. The van der Waals surface area contributed by atoms with Crippen molar-refractivity contribution >= 4 is 11.8 Å². The van der Waals surface area contributed by atoms with Gasteiger partial charge in [0.05, 0.1) is 5.56 Å². The van der Waals surface area contributed by atoms with E-state index in [0.717, 1.165) is 18.2 Å². The number of ether oxygens (including phenoxy) is 1. The van der Waals surface area contributed by atoms with Crippen LogP contribution in [0.3, 0.4) is 0 Å². The molecule has 1 aliphatic heterocycles. The summed E-state index contributed by atoms with van der Waals surface area (Å²) in [4.78, 5) is 32.0. The Bertz CT molecular complexity index is 513. The predicted octanol–water partition coefficient (Wildman–Crippen LogP) is 0.573. The second-order valence-electron chi connectivity index (χ2n) is 3.11. The quantitative estimate of drug-likeness (QED) is 0.229. The van der Waals surface area contributed by atoms with Crippen LogP contribution in [0.4, 0.5) is 4.39 Å². The Labute approximate surface area is 87.8 Å².